The van der Waals surface area contributed by atoms with Gasteiger partial charge in [-0.05, 0) is 35.4 Å². The van der Waals surface area contributed by atoms with Crippen LogP contribution in [0.4, 0.5) is 11.5 Å². The van der Waals surface area contributed by atoms with Gasteiger partial charge in [-0.15, -0.1) is 11.3 Å². The summed E-state index contributed by atoms with van der Waals surface area (Å²) in [5.41, 5.74) is 2.91. The molecular formula is C20H14N3O3S-. The summed E-state index contributed by atoms with van der Waals surface area (Å²) in [6.07, 6.45) is 1.51. The number of nitrogens with zero attached hydrogens (tertiary/aromatic N) is 2. The predicted molar refractivity (Wildman–Crippen MR) is 103 cm³/mol. The summed E-state index contributed by atoms with van der Waals surface area (Å²) >= 11 is 1.54. The Kier molecular flexibility index (Phi) is 4.43. The minimum Gasteiger partial charge on any atom is -0.545 e. The second-order valence-electron chi connectivity index (χ2n) is 5.77. The van der Waals surface area contributed by atoms with Gasteiger partial charge in [0.25, 0.3) is 0 Å². The van der Waals surface area contributed by atoms with Crippen LogP contribution in [0.25, 0.3) is 21.3 Å². The number of anilines is 2. The Morgan fingerprint density at radius 2 is 1.81 bits per heavy atom. The van der Waals surface area contributed by atoms with Gasteiger partial charge in [0.1, 0.15) is 22.7 Å². The van der Waals surface area contributed by atoms with Crippen LogP contribution >= 0.6 is 11.3 Å². The van der Waals surface area contributed by atoms with Crippen molar-refractivity contribution >= 4 is 39.0 Å². The fourth-order valence-electron chi connectivity index (χ4n) is 2.78. The van der Waals surface area contributed by atoms with Gasteiger partial charge in [-0.1, -0.05) is 24.3 Å². The number of fused-ring (bicyclic) bond motifs is 1. The number of benzene rings is 2. The lowest BCUT2D eigenvalue weighted by Gasteiger charge is -2.10. The summed E-state index contributed by atoms with van der Waals surface area (Å²) in [6, 6.07) is 14.2. The third-order valence-corrected chi connectivity index (χ3v) is 5.04. The Morgan fingerprint density at radius 3 is 2.48 bits per heavy atom. The van der Waals surface area contributed by atoms with Crippen LogP contribution in [0.3, 0.4) is 0 Å². The first kappa shape index (κ1) is 17.0. The molecule has 2 aromatic carbocycles. The molecule has 0 radical (unpaired) electrons. The van der Waals surface area contributed by atoms with E-state index in [4.69, 9.17) is 4.74 Å². The number of carboxylic acids is 1. The Balaban J connectivity index is 1.74. The maximum atomic E-state index is 10.9. The largest absolute Gasteiger partial charge is 0.545 e. The molecule has 7 heteroatoms. The van der Waals surface area contributed by atoms with Crippen molar-refractivity contribution in [2.75, 3.05) is 12.4 Å². The number of ether oxygens (including phenoxy) is 1. The number of carbonyl (C=O) groups is 1. The minimum atomic E-state index is -1.20. The van der Waals surface area contributed by atoms with E-state index in [9.17, 15) is 9.90 Å². The van der Waals surface area contributed by atoms with Crippen molar-refractivity contribution in [2.24, 2.45) is 0 Å². The average molecular weight is 376 g/mol. The molecule has 4 rings (SSSR count). The second-order valence-corrected chi connectivity index (χ2v) is 6.63. The standard InChI is InChI=1S/C20H15N3O3S/c1-26-15-8-4-12(5-9-15)16-10-27-19-17(16)18(21-11-22-19)23-14-6-2-13(3-7-14)20(24)25/h2-11H,1H3,(H,24,25)(H,21,22,23)/p-1. The van der Waals surface area contributed by atoms with Crippen molar-refractivity contribution in [1.82, 2.24) is 9.97 Å². The molecule has 0 aliphatic heterocycles. The topological polar surface area (TPSA) is 87.2 Å². The molecule has 0 fully saturated rings. The average Bonchev–Trinajstić information content (AvgIpc) is 3.14. The number of nitrogens with one attached hydrogen (secondary N) is 1. The molecule has 0 unspecified atom stereocenters. The number of hydrogen-bond donors (Lipinski definition) is 1. The fraction of sp³-hybridized carbons (Fsp3) is 0.0500. The maximum absolute atomic E-state index is 10.9. The highest BCUT2D eigenvalue weighted by molar-refractivity contribution is 7.17. The van der Waals surface area contributed by atoms with Crippen LogP contribution in [0, 0.1) is 0 Å². The van der Waals surface area contributed by atoms with E-state index in [2.05, 4.69) is 15.3 Å². The molecule has 2 heterocycles. The van der Waals surface area contributed by atoms with E-state index in [-0.39, 0.29) is 5.56 Å². The molecule has 0 saturated carbocycles. The first-order valence-corrected chi connectivity index (χ1v) is 8.99. The van der Waals surface area contributed by atoms with E-state index in [0.717, 1.165) is 32.8 Å². The molecule has 0 atom stereocenters. The lowest BCUT2D eigenvalue weighted by Crippen LogP contribution is -2.21. The zero-order chi connectivity index (χ0) is 18.8. The van der Waals surface area contributed by atoms with E-state index in [0.29, 0.717) is 5.82 Å². The number of thiophene rings is 1. The SMILES string of the molecule is COc1ccc(-c2csc3ncnc(Nc4ccc(C(=O)[O-])cc4)c23)cc1. The molecule has 134 valence electrons. The van der Waals surface area contributed by atoms with Gasteiger partial charge in [-0.25, -0.2) is 9.97 Å². The van der Waals surface area contributed by atoms with Gasteiger partial charge in [0.05, 0.1) is 18.5 Å². The maximum Gasteiger partial charge on any atom is 0.143 e. The van der Waals surface area contributed by atoms with Crippen LogP contribution in [0.1, 0.15) is 10.4 Å². The van der Waals surface area contributed by atoms with E-state index >= 15 is 0 Å². The summed E-state index contributed by atoms with van der Waals surface area (Å²) < 4.78 is 5.22. The summed E-state index contributed by atoms with van der Waals surface area (Å²) in [4.78, 5) is 20.5. The zero-order valence-corrected chi connectivity index (χ0v) is 15.1. The van der Waals surface area contributed by atoms with Crippen molar-refractivity contribution in [3.8, 4) is 16.9 Å². The number of hydrogen-bond acceptors (Lipinski definition) is 7. The third-order valence-electron chi connectivity index (χ3n) is 4.15. The molecule has 6 nitrogen and oxygen atoms in total. The quantitative estimate of drug-likeness (QED) is 0.574. The number of aromatic nitrogens is 2. The molecule has 4 aromatic rings. The monoisotopic (exact) mass is 376 g/mol. The first-order valence-electron chi connectivity index (χ1n) is 8.11. The molecule has 27 heavy (non-hydrogen) atoms. The molecule has 1 N–H and O–H groups in total. The summed E-state index contributed by atoms with van der Waals surface area (Å²) in [7, 11) is 1.64. The van der Waals surface area contributed by atoms with Crippen LogP contribution in [0.2, 0.25) is 0 Å². The highest BCUT2D eigenvalue weighted by Gasteiger charge is 2.13. The minimum absolute atomic E-state index is 0.128. The molecule has 0 amide bonds. The van der Waals surface area contributed by atoms with Crippen LogP contribution in [0.5, 0.6) is 5.75 Å². The number of methoxy groups -OCH3 is 1. The Labute approximate surface area is 159 Å². The van der Waals surface area contributed by atoms with E-state index in [1.54, 1.807) is 30.6 Å². The van der Waals surface area contributed by atoms with E-state index in [1.807, 2.05) is 29.6 Å². The van der Waals surface area contributed by atoms with Crippen LogP contribution in [-0.2, 0) is 0 Å². The predicted octanol–water partition coefficient (Wildman–Crippen LogP) is 3.47. The van der Waals surface area contributed by atoms with E-state index in [1.165, 1.54) is 18.5 Å². The number of rotatable bonds is 5. The highest BCUT2D eigenvalue weighted by atomic mass is 32.1. The fourth-order valence-corrected chi connectivity index (χ4v) is 3.70. The molecule has 0 aliphatic rings. The zero-order valence-electron chi connectivity index (χ0n) is 14.3. The van der Waals surface area contributed by atoms with Gasteiger partial charge in [-0.3, -0.25) is 0 Å². The van der Waals surface area contributed by atoms with Gasteiger partial charge in [-0.2, -0.15) is 0 Å². The Hall–Kier alpha value is -3.45. The van der Waals surface area contributed by atoms with Crippen LogP contribution in [0.15, 0.2) is 60.2 Å². The highest BCUT2D eigenvalue weighted by Crippen LogP contribution is 2.37. The van der Waals surface area contributed by atoms with Crippen molar-refractivity contribution in [2.45, 2.75) is 0 Å². The van der Waals surface area contributed by atoms with Gasteiger partial charge < -0.3 is 20.0 Å². The molecule has 0 spiro atoms. The smallest absolute Gasteiger partial charge is 0.143 e. The molecule has 0 saturated heterocycles. The molecular weight excluding hydrogens is 362 g/mol. The summed E-state index contributed by atoms with van der Waals surface area (Å²) in [5, 5.41) is 17.1. The normalized spacial score (nSPS) is 10.7. The molecule has 0 bridgehead atoms. The Bertz CT molecular complexity index is 1110. The number of carboxylic acid groups (broad SMARTS) is 1. The third kappa shape index (κ3) is 3.32. The first-order chi connectivity index (χ1) is 13.2. The van der Waals surface area contributed by atoms with Gasteiger partial charge in [0.2, 0.25) is 0 Å². The van der Waals surface area contributed by atoms with E-state index < -0.39 is 5.97 Å². The lowest BCUT2D eigenvalue weighted by molar-refractivity contribution is -0.255. The molecule has 0 aliphatic carbocycles. The van der Waals surface area contributed by atoms with Gasteiger partial charge in [0.15, 0.2) is 0 Å². The van der Waals surface area contributed by atoms with Crippen molar-refractivity contribution in [3.05, 3.63) is 65.8 Å². The van der Waals surface area contributed by atoms with Crippen LogP contribution in [-0.4, -0.2) is 23.0 Å². The van der Waals surface area contributed by atoms with Crippen molar-refractivity contribution < 1.29 is 14.6 Å². The van der Waals surface area contributed by atoms with Gasteiger partial charge in [0, 0.05) is 16.6 Å². The second kappa shape index (κ2) is 7.05. The molecule has 2 aromatic heterocycles. The number of aromatic carboxylic acids is 1. The lowest BCUT2D eigenvalue weighted by atomic mass is 10.1. The summed E-state index contributed by atoms with van der Waals surface area (Å²) in [6.45, 7) is 0. The van der Waals surface area contributed by atoms with Gasteiger partial charge >= 0.3 is 0 Å². The van der Waals surface area contributed by atoms with Crippen LogP contribution < -0.4 is 15.2 Å². The number of carbonyl (C=O) groups excluding carboxylic acids is 1. The Morgan fingerprint density at radius 1 is 1.07 bits per heavy atom. The summed E-state index contributed by atoms with van der Waals surface area (Å²) in [5.74, 6) is 0.250. The van der Waals surface area contributed by atoms with Crippen molar-refractivity contribution in [1.29, 1.82) is 0 Å². The van der Waals surface area contributed by atoms with Crippen molar-refractivity contribution in [3.63, 3.8) is 0 Å².